The lowest BCUT2D eigenvalue weighted by molar-refractivity contribution is 0.170. The molecule has 19 heavy (non-hydrogen) atoms. The lowest BCUT2D eigenvalue weighted by atomic mass is 10.1. The van der Waals surface area contributed by atoms with Crippen LogP contribution in [-0.4, -0.2) is 5.11 Å². The predicted octanol–water partition coefficient (Wildman–Crippen LogP) is 4.37. The van der Waals surface area contributed by atoms with Crippen LogP contribution in [0.4, 0.5) is 4.39 Å². The number of halogens is 1. The number of aliphatic hydroxyl groups is 1. The van der Waals surface area contributed by atoms with Crippen molar-refractivity contribution in [2.45, 2.75) is 26.4 Å². The SMILES string of the molecule is CCC(O)c1ccccc1Oc1ccc(F)c(C)c1. The fourth-order valence-electron chi connectivity index (χ4n) is 1.88. The normalized spacial score (nSPS) is 12.2. The number of hydrogen-bond donors (Lipinski definition) is 1. The van der Waals surface area contributed by atoms with E-state index in [9.17, 15) is 9.50 Å². The van der Waals surface area contributed by atoms with Crippen LogP contribution in [0.5, 0.6) is 11.5 Å². The third-order valence-corrected chi connectivity index (χ3v) is 3.02. The molecule has 100 valence electrons. The average Bonchev–Trinajstić information content (AvgIpc) is 2.43. The van der Waals surface area contributed by atoms with Gasteiger partial charge in [0, 0.05) is 5.56 Å². The minimum atomic E-state index is -0.558. The number of aryl methyl sites for hydroxylation is 1. The second kappa shape index (κ2) is 5.85. The molecule has 0 aliphatic rings. The Labute approximate surface area is 112 Å². The van der Waals surface area contributed by atoms with Gasteiger partial charge in [-0.15, -0.1) is 0 Å². The number of rotatable bonds is 4. The molecule has 0 aromatic heterocycles. The highest BCUT2D eigenvalue weighted by atomic mass is 19.1. The van der Waals surface area contributed by atoms with Gasteiger partial charge in [-0.1, -0.05) is 25.1 Å². The summed E-state index contributed by atoms with van der Waals surface area (Å²) in [6.45, 7) is 3.60. The molecule has 0 bridgehead atoms. The van der Waals surface area contributed by atoms with Crippen molar-refractivity contribution < 1.29 is 14.2 Å². The van der Waals surface area contributed by atoms with Gasteiger partial charge in [0.2, 0.25) is 0 Å². The largest absolute Gasteiger partial charge is 0.457 e. The summed E-state index contributed by atoms with van der Waals surface area (Å²) in [6.07, 6.45) is 0.0563. The first-order chi connectivity index (χ1) is 9.11. The zero-order valence-electron chi connectivity index (χ0n) is 11.1. The molecule has 1 N–H and O–H groups in total. The number of aliphatic hydroxyl groups excluding tert-OH is 1. The van der Waals surface area contributed by atoms with Crippen LogP contribution in [0.2, 0.25) is 0 Å². The number of benzene rings is 2. The van der Waals surface area contributed by atoms with Gasteiger partial charge < -0.3 is 9.84 Å². The summed E-state index contributed by atoms with van der Waals surface area (Å²) < 4.78 is 18.9. The molecule has 1 atom stereocenters. The highest BCUT2D eigenvalue weighted by Gasteiger charge is 2.12. The van der Waals surface area contributed by atoms with Crippen LogP contribution in [0.3, 0.4) is 0 Å². The molecule has 1 unspecified atom stereocenters. The molecule has 2 nitrogen and oxygen atoms in total. The van der Waals surface area contributed by atoms with Gasteiger partial charge in [0.05, 0.1) is 6.10 Å². The fraction of sp³-hybridized carbons (Fsp3) is 0.250. The molecule has 0 saturated heterocycles. The van der Waals surface area contributed by atoms with Gasteiger partial charge in [0.25, 0.3) is 0 Å². The second-order valence-electron chi connectivity index (χ2n) is 4.47. The molecule has 2 rings (SSSR count). The van der Waals surface area contributed by atoms with E-state index in [0.29, 0.717) is 23.5 Å². The second-order valence-corrected chi connectivity index (χ2v) is 4.47. The van der Waals surface area contributed by atoms with Crippen molar-refractivity contribution in [3.63, 3.8) is 0 Å². The molecule has 0 aliphatic carbocycles. The summed E-state index contributed by atoms with van der Waals surface area (Å²) in [7, 11) is 0. The molecular formula is C16H17FO2. The summed E-state index contributed by atoms with van der Waals surface area (Å²) in [4.78, 5) is 0. The van der Waals surface area contributed by atoms with E-state index in [1.165, 1.54) is 6.07 Å². The van der Waals surface area contributed by atoms with Gasteiger partial charge in [-0.3, -0.25) is 0 Å². The number of ether oxygens (including phenoxy) is 1. The molecule has 2 aromatic rings. The number of hydrogen-bond acceptors (Lipinski definition) is 2. The molecule has 0 aliphatic heterocycles. The standard InChI is InChI=1S/C16H17FO2/c1-3-15(18)13-6-4-5-7-16(13)19-12-8-9-14(17)11(2)10-12/h4-10,15,18H,3H2,1-2H3. The summed E-state index contributed by atoms with van der Waals surface area (Å²) >= 11 is 0. The van der Waals surface area contributed by atoms with E-state index < -0.39 is 6.10 Å². The Kier molecular flexibility index (Phi) is 4.17. The van der Waals surface area contributed by atoms with Crippen LogP contribution in [0, 0.1) is 12.7 Å². The van der Waals surface area contributed by atoms with Crippen LogP contribution >= 0.6 is 0 Å². The Morgan fingerprint density at radius 3 is 2.63 bits per heavy atom. The average molecular weight is 260 g/mol. The van der Waals surface area contributed by atoms with E-state index in [0.717, 1.165) is 5.56 Å². The Hall–Kier alpha value is -1.87. The van der Waals surface area contributed by atoms with Crippen molar-refractivity contribution in [2.24, 2.45) is 0 Å². The van der Waals surface area contributed by atoms with Crippen molar-refractivity contribution in [3.05, 3.63) is 59.4 Å². The Balaban J connectivity index is 2.30. The lowest BCUT2D eigenvalue weighted by Crippen LogP contribution is -1.98. The van der Waals surface area contributed by atoms with Crippen LogP contribution in [0.25, 0.3) is 0 Å². The van der Waals surface area contributed by atoms with Gasteiger partial charge in [0.15, 0.2) is 0 Å². The molecule has 3 heteroatoms. The topological polar surface area (TPSA) is 29.5 Å². The predicted molar refractivity (Wildman–Crippen MR) is 72.9 cm³/mol. The Morgan fingerprint density at radius 1 is 1.21 bits per heavy atom. The molecule has 0 heterocycles. The van der Waals surface area contributed by atoms with Gasteiger partial charge in [0.1, 0.15) is 17.3 Å². The van der Waals surface area contributed by atoms with Crippen molar-refractivity contribution in [1.29, 1.82) is 0 Å². The fourth-order valence-corrected chi connectivity index (χ4v) is 1.88. The third-order valence-electron chi connectivity index (χ3n) is 3.02. The summed E-state index contributed by atoms with van der Waals surface area (Å²) in [6, 6.07) is 11.9. The molecule has 0 radical (unpaired) electrons. The molecule has 0 amide bonds. The minimum Gasteiger partial charge on any atom is -0.457 e. The first kappa shape index (κ1) is 13.6. The summed E-state index contributed by atoms with van der Waals surface area (Å²) in [5.41, 5.74) is 1.28. The molecule has 0 spiro atoms. The van der Waals surface area contributed by atoms with E-state index in [1.807, 2.05) is 25.1 Å². The number of para-hydroxylation sites is 1. The lowest BCUT2D eigenvalue weighted by Gasteiger charge is -2.15. The van der Waals surface area contributed by atoms with Crippen LogP contribution in [0.15, 0.2) is 42.5 Å². The van der Waals surface area contributed by atoms with Gasteiger partial charge >= 0.3 is 0 Å². The minimum absolute atomic E-state index is 0.255. The van der Waals surface area contributed by atoms with E-state index >= 15 is 0 Å². The molecule has 0 fully saturated rings. The highest BCUT2D eigenvalue weighted by Crippen LogP contribution is 2.31. The molecular weight excluding hydrogens is 243 g/mol. The maximum absolute atomic E-state index is 13.2. The molecule has 0 saturated carbocycles. The summed E-state index contributed by atoms with van der Waals surface area (Å²) in [5.74, 6) is 0.909. The zero-order chi connectivity index (χ0) is 13.8. The zero-order valence-corrected chi connectivity index (χ0v) is 11.1. The highest BCUT2D eigenvalue weighted by molar-refractivity contribution is 5.40. The van der Waals surface area contributed by atoms with Crippen molar-refractivity contribution in [2.75, 3.05) is 0 Å². The van der Waals surface area contributed by atoms with Crippen molar-refractivity contribution in [3.8, 4) is 11.5 Å². The Bertz CT molecular complexity index is 566. The van der Waals surface area contributed by atoms with Crippen LogP contribution in [0.1, 0.15) is 30.6 Å². The van der Waals surface area contributed by atoms with E-state index in [4.69, 9.17) is 4.74 Å². The van der Waals surface area contributed by atoms with E-state index in [2.05, 4.69) is 0 Å². The van der Waals surface area contributed by atoms with Gasteiger partial charge in [-0.2, -0.15) is 0 Å². The molecule has 2 aromatic carbocycles. The quantitative estimate of drug-likeness (QED) is 0.884. The Morgan fingerprint density at radius 2 is 1.95 bits per heavy atom. The van der Waals surface area contributed by atoms with Crippen molar-refractivity contribution in [1.82, 2.24) is 0 Å². The monoisotopic (exact) mass is 260 g/mol. The van der Waals surface area contributed by atoms with Crippen molar-refractivity contribution >= 4 is 0 Å². The maximum atomic E-state index is 13.2. The van der Waals surface area contributed by atoms with Gasteiger partial charge in [-0.05, 0) is 43.2 Å². The van der Waals surface area contributed by atoms with Crippen LogP contribution in [-0.2, 0) is 0 Å². The van der Waals surface area contributed by atoms with E-state index in [1.54, 1.807) is 25.1 Å². The first-order valence-corrected chi connectivity index (χ1v) is 6.32. The smallest absolute Gasteiger partial charge is 0.133 e. The van der Waals surface area contributed by atoms with Crippen LogP contribution < -0.4 is 4.74 Å². The van der Waals surface area contributed by atoms with E-state index in [-0.39, 0.29) is 5.82 Å². The first-order valence-electron chi connectivity index (χ1n) is 6.32. The third kappa shape index (κ3) is 3.12. The van der Waals surface area contributed by atoms with Gasteiger partial charge in [-0.25, -0.2) is 4.39 Å². The summed E-state index contributed by atoms with van der Waals surface area (Å²) in [5, 5.41) is 9.95. The maximum Gasteiger partial charge on any atom is 0.133 e.